The number of imide groups is 1. The van der Waals surface area contributed by atoms with Gasteiger partial charge in [0.15, 0.2) is 0 Å². The van der Waals surface area contributed by atoms with Crippen LogP contribution in [0.4, 0.5) is 9.59 Å². The van der Waals surface area contributed by atoms with Crippen molar-refractivity contribution in [3.8, 4) is 0 Å². The number of carbonyl (C=O) groups is 3. The van der Waals surface area contributed by atoms with E-state index in [9.17, 15) is 14.4 Å². The molecule has 1 N–H and O–H groups in total. The van der Waals surface area contributed by atoms with E-state index >= 15 is 0 Å². The molecule has 1 heterocycles. The zero-order valence-electron chi connectivity index (χ0n) is 11.6. The van der Waals surface area contributed by atoms with Crippen molar-refractivity contribution in [1.29, 1.82) is 0 Å². The van der Waals surface area contributed by atoms with Crippen molar-refractivity contribution in [1.82, 2.24) is 10.2 Å². The Kier molecular flexibility index (Phi) is 5.57. The predicted octanol–water partition coefficient (Wildman–Crippen LogP) is 2.23. The van der Waals surface area contributed by atoms with Crippen LogP contribution in [0.1, 0.15) is 20.8 Å². The second kappa shape index (κ2) is 6.46. The lowest BCUT2D eigenvalue weighted by Gasteiger charge is -2.36. The summed E-state index contributed by atoms with van der Waals surface area (Å²) in [5.74, 6) is -0.616. The molecule has 0 saturated carbocycles. The zero-order chi connectivity index (χ0) is 16.4. The molecular formula is C11H15Cl3N2O5. The highest BCUT2D eigenvalue weighted by Crippen LogP contribution is 2.26. The van der Waals surface area contributed by atoms with Gasteiger partial charge in [0.05, 0.1) is 6.54 Å². The Morgan fingerprint density at radius 1 is 1.33 bits per heavy atom. The van der Waals surface area contributed by atoms with Crippen LogP contribution in [-0.4, -0.2) is 51.6 Å². The van der Waals surface area contributed by atoms with Gasteiger partial charge in [0.2, 0.25) is 3.79 Å². The Morgan fingerprint density at radius 3 is 2.33 bits per heavy atom. The van der Waals surface area contributed by atoms with Crippen molar-refractivity contribution in [2.24, 2.45) is 0 Å². The molecule has 1 aliphatic rings. The number of alkyl carbamates (subject to hydrolysis) is 1. The average Bonchev–Trinajstić information content (AvgIpc) is 2.27. The first-order valence-corrected chi connectivity index (χ1v) is 7.07. The number of nitrogens with one attached hydrogen (secondary N) is 1. The number of likely N-dealkylation sites (tertiary alicyclic amines) is 1. The van der Waals surface area contributed by atoms with Gasteiger partial charge in [-0.05, 0) is 20.8 Å². The first kappa shape index (κ1) is 18.1. The second-order valence-corrected chi connectivity index (χ2v) is 7.83. The Hall–Kier alpha value is -0.920. The summed E-state index contributed by atoms with van der Waals surface area (Å²) in [4.78, 5) is 35.4. The van der Waals surface area contributed by atoms with Crippen LogP contribution in [0.3, 0.4) is 0 Å². The number of hydrogen-bond donors (Lipinski definition) is 1. The topological polar surface area (TPSA) is 84.9 Å². The van der Waals surface area contributed by atoms with Crippen molar-refractivity contribution in [2.45, 2.75) is 36.2 Å². The molecule has 1 saturated heterocycles. The van der Waals surface area contributed by atoms with E-state index in [1.54, 1.807) is 20.8 Å². The van der Waals surface area contributed by atoms with Crippen LogP contribution >= 0.6 is 34.8 Å². The summed E-state index contributed by atoms with van der Waals surface area (Å²) in [5.41, 5.74) is -0.681. The number of rotatable bonds is 2. The van der Waals surface area contributed by atoms with Crippen LogP contribution in [0.2, 0.25) is 0 Å². The highest BCUT2D eigenvalue weighted by molar-refractivity contribution is 6.67. The summed E-state index contributed by atoms with van der Waals surface area (Å²) in [6.45, 7) is 4.56. The van der Waals surface area contributed by atoms with Gasteiger partial charge < -0.3 is 14.8 Å². The lowest BCUT2D eigenvalue weighted by Crippen LogP contribution is -2.65. The number of halogens is 3. The smallest absolute Gasteiger partial charge is 0.416 e. The van der Waals surface area contributed by atoms with E-state index < -0.39 is 40.1 Å². The van der Waals surface area contributed by atoms with Gasteiger partial charge in [-0.1, -0.05) is 34.8 Å². The lowest BCUT2D eigenvalue weighted by molar-refractivity contribution is -0.141. The maximum atomic E-state index is 11.7. The van der Waals surface area contributed by atoms with E-state index in [0.717, 1.165) is 4.90 Å². The third-order valence-electron chi connectivity index (χ3n) is 2.20. The van der Waals surface area contributed by atoms with Gasteiger partial charge in [0, 0.05) is 0 Å². The Bertz CT molecular complexity index is 444. The molecule has 0 aromatic rings. The van der Waals surface area contributed by atoms with Gasteiger partial charge in [-0.3, -0.25) is 4.79 Å². The van der Waals surface area contributed by atoms with E-state index in [4.69, 9.17) is 39.5 Å². The summed E-state index contributed by atoms with van der Waals surface area (Å²) in [5, 5.41) is 2.34. The van der Waals surface area contributed by atoms with Crippen molar-refractivity contribution in [2.75, 3.05) is 13.2 Å². The predicted molar refractivity (Wildman–Crippen MR) is 76.5 cm³/mol. The molecule has 120 valence electrons. The number of nitrogens with zero attached hydrogens (tertiary/aromatic N) is 1. The highest BCUT2D eigenvalue weighted by atomic mass is 35.6. The van der Waals surface area contributed by atoms with E-state index in [1.165, 1.54) is 0 Å². The molecule has 0 aromatic carbocycles. The maximum absolute atomic E-state index is 11.7. The molecule has 10 heteroatoms. The van der Waals surface area contributed by atoms with Crippen molar-refractivity contribution >= 4 is 52.9 Å². The molecule has 0 bridgehead atoms. The van der Waals surface area contributed by atoms with Gasteiger partial charge >= 0.3 is 12.2 Å². The maximum Gasteiger partial charge on any atom is 0.416 e. The number of carbonyl (C=O) groups excluding carboxylic acids is 3. The fraction of sp³-hybridized carbons (Fsp3) is 0.727. The quantitative estimate of drug-likeness (QED) is 0.602. The van der Waals surface area contributed by atoms with Gasteiger partial charge in [0.1, 0.15) is 18.2 Å². The highest BCUT2D eigenvalue weighted by Gasteiger charge is 2.43. The number of alkyl halides is 3. The Morgan fingerprint density at radius 2 is 1.90 bits per heavy atom. The van der Waals surface area contributed by atoms with E-state index in [2.05, 4.69) is 10.1 Å². The van der Waals surface area contributed by atoms with Gasteiger partial charge in [-0.2, -0.15) is 0 Å². The fourth-order valence-electron chi connectivity index (χ4n) is 1.37. The van der Waals surface area contributed by atoms with Gasteiger partial charge in [-0.15, -0.1) is 0 Å². The molecule has 1 atom stereocenters. The summed E-state index contributed by atoms with van der Waals surface area (Å²) in [6, 6.07) is -0.833. The number of ether oxygens (including phenoxy) is 2. The zero-order valence-corrected chi connectivity index (χ0v) is 13.9. The standard InChI is InChI=1S/C11H15Cl3N2O5/c1-10(2,3)21-8(18)15-6-4-16(7(6)17)9(19)20-5-11(12,13)14/h6H,4-5H2,1-3H3,(H,15,18)/t6-/m0/s1. The summed E-state index contributed by atoms with van der Waals surface area (Å²) < 4.78 is 7.88. The van der Waals surface area contributed by atoms with Crippen LogP contribution in [0.5, 0.6) is 0 Å². The van der Waals surface area contributed by atoms with E-state index in [-0.39, 0.29) is 6.54 Å². The molecule has 1 fully saturated rings. The molecule has 0 spiro atoms. The number of amides is 3. The molecule has 7 nitrogen and oxygen atoms in total. The molecule has 0 unspecified atom stereocenters. The Balaban J connectivity index is 2.38. The van der Waals surface area contributed by atoms with E-state index in [1.807, 2.05) is 0 Å². The summed E-state index contributed by atoms with van der Waals surface area (Å²) >= 11 is 16.2. The fourth-order valence-corrected chi connectivity index (χ4v) is 1.53. The average molecular weight is 362 g/mol. The van der Waals surface area contributed by atoms with Crippen LogP contribution in [0.15, 0.2) is 0 Å². The SMILES string of the molecule is CC(C)(C)OC(=O)N[C@H]1CN(C(=O)OCC(Cl)(Cl)Cl)C1=O. The molecule has 3 amide bonds. The summed E-state index contributed by atoms with van der Waals surface area (Å²) in [6.07, 6.45) is -1.68. The monoisotopic (exact) mass is 360 g/mol. The molecule has 0 aliphatic carbocycles. The van der Waals surface area contributed by atoms with Crippen LogP contribution in [0.25, 0.3) is 0 Å². The van der Waals surface area contributed by atoms with Gasteiger partial charge in [-0.25, -0.2) is 14.5 Å². The molecule has 1 rings (SSSR count). The number of β-lactam (4-membered cyclic amide) rings is 1. The second-order valence-electron chi connectivity index (χ2n) is 5.32. The molecule has 21 heavy (non-hydrogen) atoms. The van der Waals surface area contributed by atoms with Crippen molar-refractivity contribution in [3.05, 3.63) is 0 Å². The van der Waals surface area contributed by atoms with Crippen molar-refractivity contribution in [3.63, 3.8) is 0 Å². The summed E-state index contributed by atoms with van der Waals surface area (Å²) in [7, 11) is 0. The Labute approximate surface area is 136 Å². The third-order valence-corrected chi connectivity index (χ3v) is 2.53. The molecule has 0 aromatic heterocycles. The third kappa shape index (κ3) is 6.15. The normalized spacial score (nSPS) is 18.9. The first-order valence-electron chi connectivity index (χ1n) is 5.93. The van der Waals surface area contributed by atoms with Crippen LogP contribution in [-0.2, 0) is 14.3 Å². The molecular weight excluding hydrogens is 346 g/mol. The minimum Gasteiger partial charge on any atom is -0.445 e. The van der Waals surface area contributed by atoms with Crippen LogP contribution in [0, 0.1) is 0 Å². The van der Waals surface area contributed by atoms with Gasteiger partial charge in [0.25, 0.3) is 5.91 Å². The lowest BCUT2D eigenvalue weighted by atomic mass is 10.1. The number of hydrogen-bond acceptors (Lipinski definition) is 5. The molecule has 1 aliphatic heterocycles. The largest absolute Gasteiger partial charge is 0.445 e. The minimum atomic E-state index is -1.75. The van der Waals surface area contributed by atoms with E-state index in [0.29, 0.717) is 0 Å². The van der Waals surface area contributed by atoms with Crippen molar-refractivity contribution < 1.29 is 23.9 Å². The van der Waals surface area contributed by atoms with Crippen LogP contribution < -0.4 is 5.32 Å². The molecule has 0 radical (unpaired) electrons. The first-order chi connectivity index (χ1) is 9.39. The minimum absolute atomic E-state index is 0.0310.